The molecule has 1 aliphatic heterocycles. The van der Waals surface area contributed by atoms with E-state index in [-0.39, 0.29) is 18.4 Å². The van der Waals surface area contributed by atoms with Crippen molar-refractivity contribution in [3.05, 3.63) is 70.8 Å². The molecule has 4 heteroatoms. The van der Waals surface area contributed by atoms with Crippen LogP contribution in [0.2, 0.25) is 0 Å². The van der Waals surface area contributed by atoms with Crippen LogP contribution < -0.4 is 0 Å². The van der Waals surface area contributed by atoms with Gasteiger partial charge in [-0.05, 0) is 42.2 Å². The Bertz CT molecular complexity index is 754. The van der Waals surface area contributed by atoms with Gasteiger partial charge in [0.15, 0.2) is 0 Å². The van der Waals surface area contributed by atoms with Gasteiger partial charge in [0.1, 0.15) is 0 Å². The number of carboxylic acid groups (broad SMARTS) is 1. The second-order valence-corrected chi connectivity index (χ2v) is 6.03. The molecule has 2 aromatic rings. The standard InChI is InChI=1S/C19H19NO3/c1-13-9-15-6-2-3-7-17(15)12-20(13)19(23)16-8-4-5-14(10-16)11-18(21)22/h2-8,10,13H,9,11-12H2,1H3,(H,21,22). The molecule has 0 spiro atoms. The van der Waals surface area contributed by atoms with Crippen LogP contribution in [-0.2, 0) is 24.2 Å². The minimum Gasteiger partial charge on any atom is -0.481 e. The highest BCUT2D eigenvalue weighted by atomic mass is 16.4. The summed E-state index contributed by atoms with van der Waals surface area (Å²) >= 11 is 0. The van der Waals surface area contributed by atoms with Crippen LogP contribution >= 0.6 is 0 Å². The van der Waals surface area contributed by atoms with Gasteiger partial charge >= 0.3 is 5.97 Å². The van der Waals surface area contributed by atoms with E-state index in [0.717, 1.165) is 6.42 Å². The molecule has 0 aliphatic carbocycles. The minimum absolute atomic E-state index is 0.0424. The average molecular weight is 309 g/mol. The first-order valence-electron chi connectivity index (χ1n) is 7.73. The highest BCUT2D eigenvalue weighted by molar-refractivity contribution is 5.95. The number of aliphatic carboxylic acids is 1. The molecule has 1 N–H and O–H groups in total. The quantitative estimate of drug-likeness (QED) is 0.948. The van der Waals surface area contributed by atoms with Crippen LogP contribution in [0.25, 0.3) is 0 Å². The van der Waals surface area contributed by atoms with Gasteiger partial charge in [0.2, 0.25) is 0 Å². The Balaban J connectivity index is 1.84. The largest absolute Gasteiger partial charge is 0.481 e. The summed E-state index contributed by atoms with van der Waals surface area (Å²) in [6.45, 7) is 2.65. The number of carboxylic acids is 1. The Morgan fingerprint density at radius 2 is 1.87 bits per heavy atom. The molecule has 0 saturated carbocycles. The van der Waals surface area contributed by atoms with Crippen molar-refractivity contribution in [1.29, 1.82) is 0 Å². The van der Waals surface area contributed by atoms with Gasteiger partial charge in [-0.1, -0.05) is 36.4 Å². The predicted molar refractivity (Wildman–Crippen MR) is 87.3 cm³/mol. The van der Waals surface area contributed by atoms with Gasteiger partial charge in [-0.2, -0.15) is 0 Å². The van der Waals surface area contributed by atoms with Crippen LogP contribution in [0.1, 0.15) is 34.0 Å². The Morgan fingerprint density at radius 3 is 2.61 bits per heavy atom. The fourth-order valence-corrected chi connectivity index (χ4v) is 3.11. The number of hydrogen-bond acceptors (Lipinski definition) is 2. The molecule has 118 valence electrons. The summed E-state index contributed by atoms with van der Waals surface area (Å²) in [6, 6.07) is 15.2. The van der Waals surface area contributed by atoms with E-state index >= 15 is 0 Å². The van der Waals surface area contributed by atoms with Gasteiger partial charge in [0, 0.05) is 18.2 Å². The molecule has 0 bridgehead atoms. The van der Waals surface area contributed by atoms with Crippen molar-refractivity contribution in [2.24, 2.45) is 0 Å². The van der Waals surface area contributed by atoms with Gasteiger partial charge in [-0.3, -0.25) is 9.59 Å². The number of carbonyl (C=O) groups is 2. The summed E-state index contributed by atoms with van der Waals surface area (Å²) in [5, 5.41) is 8.90. The van der Waals surface area contributed by atoms with E-state index in [1.165, 1.54) is 11.1 Å². The van der Waals surface area contributed by atoms with Crippen molar-refractivity contribution in [1.82, 2.24) is 4.90 Å². The molecule has 0 aromatic heterocycles. The molecule has 1 unspecified atom stereocenters. The van der Waals surface area contributed by atoms with Crippen molar-refractivity contribution in [2.45, 2.75) is 32.4 Å². The van der Waals surface area contributed by atoms with E-state index in [2.05, 4.69) is 19.1 Å². The first-order valence-corrected chi connectivity index (χ1v) is 7.73. The van der Waals surface area contributed by atoms with Crippen molar-refractivity contribution < 1.29 is 14.7 Å². The molecule has 1 amide bonds. The minimum atomic E-state index is -0.894. The van der Waals surface area contributed by atoms with Crippen molar-refractivity contribution in [3.63, 3.8) is 0 Å². The van der Waals surface area contributed by atoms with E-state index < -0.39 is 5.97 Å². The number of hydrogen-bond donors (Lipinski definition) is 1. The summed E-state index contributed by atoms with van der Waals surface area (Å²) in [5.41, 5.74) is 3.67. The van der Waals surface area contributed by atoms with Crippen LogP contribution in [0.15, 0.2) is 48.5 Å². The Labute approximate surface area is 135 Å². The van der Waals surface area contributed by atoms with Crippen LogP contribution in [0.5, 0.6) is 0 Å². The number of benzene rings is 2. The molecule has 23 heavy (non-hydrogen) atoms. The molecule has 0 saturated heterocycles. The Hall–Kier alpha value is -2.62. The summed E-state index contributed by atoms with van der Waals surface area (Å²) in [7, 11) is 0. The molecule has 0 fully saturated rings. The monoisotopic (exact) mass is 309 g/mol. The van der Waals surface area contributed by atoms with Crippen molar-refractivity contribution in [2.75, 3.05) is 0 Å². The molecular weight excluding hydrogens is 290 g/mol. The number of fused-ring (bicyclic) bond motifs is 1. The summed E-state index contributed by atoms with van der Waals surface area (Å²) < 4.78 is 0. The third-order valence-corrected chi connectivity index (χ3v) is 4.30. The Kier molecular flexibility index (Phi) is 4.15. The smallest absolute Gasteiger partial charge is 0.307 e. The number of rotatable bonds is 3. The Morgan fingerprint density at radius 1 is 1.13 bits per heavy atom. The molecule has 1 atom stereocenters. The first kappa shape index (κ1) is 15.3. The van der Waals surface area contributed by atoms with E-state index in [9.17, 15) is 9.59 Å². The normalized spacial score (nSPS) is 16.7. The zero-order valence-electron chi connectivity index (χ0n) is 13.0. The lowest BCUT2D eigenvalue weighted by Crippen LogP contribution is -2.42. The van der Waals surface area contributed by atoms with Gasteiger partial charge < -0.3 is 10.0 Å². The van der Waals surface area contributed by atoms with Crippen molar-refractivity contribution >= 4 is 11.9 Å². The number of nitrogens with zero attached hydrogens (tertiary/aromatic N) is 1. The number of carbonyl (C=O) groups excluding carboxylic acids is 1. The van der Waals surface area contributed by atoms with E-state index in [0.29, 0.717) is 17.7 Å². The maximum atomic E-state index is 12.8. The van der Waals surface area contributed by atoms with E-state index in [4.69, 9.17) is 5.11 Å². The van der Waals surface area contributed by atoms with Gasteiger partial charge in [-0.15, -0.1) is 0 Å². The third kappa shape index (κ3) is 3.26. The highest BCUT2D eigenvalue weighted by Crippen LogP contribution is 2.24. The summed E-state index contributed by atoms with van der Waals surface area (Å²) in [6.07, 6.45) is 0.774. The van der Waals surface area contributed by atoms with Crippen molar-refractivity contribution in [3.8, 4) is 0 Å². The lowest BCUT2D eigenvalue weighted by molar-refractivity contribution is -0.136. The highest BCUT2D eigenvalue weighted by Gasteiger charge is 2.27. The number of amides is 1. The third-order valence-electron chi connectivity index (χ3n) is 4.30. The topological polar surface area (TPSA) is 57.6 Å². The SMILES string of the molecule is CC1Cc2ccccc2CN1C(=O)c1cccc(CC(=O)O)c1. The van der Waals surface area contributed by atoms with Crippen LogP contribution in [-0.4, -0.2) is 27.9 Å². The average Bonchev–Trinajstić information content (AvgIpc) is 2.53. The summed E-state index contributed by atoms with van der Waals surface area (Å²) in [5.74, 6) is -0.936. The lowest BCUT2D eigenvalue weighted by Gasteiger charge is -2.35. The van der Waals surface area contributed by atoms with E-state index in [1.807, 2.05) is 17.0 Å². The molecule has 3 rings (SSSR count). The van der Waals surface area contributed by atoms with Gasteiger partial charge in [0.05, 0.1) is 6.42 Å². The second kappa shape index (κ2) is 6.24. The predicted octanol–water partition coefficient (Wildman–Crippen LogP) is 2.90. The maximum absolute atomic E-state index is 12.8. The summed E-state index contributed by atoms with van der Waals surface area (Å²) in [4.78, 5) is 25.5. The lowest BCUT2D eigenvalue weighted by atomic mass is 9.94. The van der Waals surface area contributed by atoms with Gasteiger partial charge in [0.25, 0.3) is 5.91 Å². The van der Waals surface area contributed by atoms with Crippen LogP contribution in [0, 0.1) is 0 Å². The zero-order valence-corrected chi connectivity index (χ0v) is 13.0. The van der Waals surface area contributed by atoms with Gasteiger partial charge in [-0.25, -0.2) is 0 Å². The second-order valence-electron chi connectivity index (χ2n) is 6.03. The van der Waals surface area contributed by atoms with Crippen LogP contribution in [0.4, 0.5) is 0 Å². The van der Waals surface area contributed by atoms with Crippen LogP contribution in [0.3, 0.4) is 0 Å². The molecule has 1 aliphatic rings. The zero-order chi connectivity index (χ0) is 16.4. The molecule has 0 radical (unpaired) electrons. The fourth-order valence-electron chi connectivity index (χ4n) is 3.11. The first-order chi connectivity index (χ1) is 11.0. The molecular formula is C19H19NO3. The maximum Gasteiger partial charge on any atom is 0.307 e. The molecule has 2 aromatic carbocycles. The fraction of sp³-hybridized carbons (Fsp3) is 0.263. The van der Waals surface area contributed by atoms with E-state index in [1.54, 1.807) is 24.3 Å². The molecule has 1 heterocycles. The molecule has 4 nitrogen and oxygen atoms in total.